The summed E-state index contributed by atoms with van der Waals surface area (Å²) in [5.41, 5.74) is -0.183. The zero-order valence-electron chi connectivity index (χ0n) is 10.2. The van der Waals surface area contributed by atoms with Crippen molar-refractivity contribution in [3.8, 4) is 11.1 Å². The van der Waals surface area contributed by atoms with E-state index in [0.717, 1.165) is 6.07 Å². The molecule has 0 aliphatic rings. The predicted octanol–water partition coefficient (Wildman–Crippen LogP) is 7.23. The van der Waals surface area contributed by atoms with E-state index in [9.17, 15) is 13.2 Å². The monoisotopic (exact) mass is 416 g/mol. The SMILES string of the molecule is FC(F)(F)c1cccc(CBr)c1-c1cc(Cl)cc(Cl)c1Cl. The largest absolute Gasteiger partial charge is 0.417 e. The number of hydrogen-bond donors (Lipinski definition) is 0. The van der Waals surface area contributed by atoms with Gasteiger partial charge in [0.2, 0.25) is 0 Å². The lowest BCUT2D eigenvalue weighted by molar-refractivity contribution is -0.137. The van der Waals surface area contributed by atoms with Crippen LogP contribution in [0.25, 0.3) is 11.1 Å². The lowest BCUT2D eigenvalue weighted by Gasteiger charge is -2.18. The lowest BCUT2D eigenvalue weighted by Crippen LogP contribution is -2.09. The third-order valence-electron chi connectivity index (χ3n) is 2.86. The van der Waals surface area contributed by atoms with E-state index < -0.39 is 11.7 Å². The van der Waals surface area contributed by atoms with Crippen LogP contribution in [0.15, 0.2) is 30.3 Å². The van der Waals surface area contributed by atoms with Gasteiger partial charge in [-0.05, 0) is 29.3 Å². The molecule has 0 saturated carbocycles. The van der Waals surface area contributed by atoms with Gasteiger partial charge in [0.05, 0.1) is 15.6 Å². The lowest BCUT2D eigenvalue weighted by atomic mass is 9.94. The van der Waals surface area contributed by atoms with Crippen molar-refractivity contribution in [2.75, 3.05) is 0 Å². The fraction of sp³-hybridized carbons (Fsp3) is 0.143. The second-order valence-electron chi connectivity index (χ2n) is 4.22. The molecule has 0 saturated heterocycles. The first-order valence-electron chi connectivity index (χ1n) is 5.65. The molecule has 0 aromatic heterocycles. The summed E-state index contributed by atoms with van der Waals surface area (Å²) in [5, 5.41) is 0.612. The summed E-state index contributed by atoms with van der Waals surface area (Å²) < 4.78 is 39.8. The summed E-state index contributed by atoms with van der Waals surface area (Å²) in [5.74, 6) is 0. The van der Waals surface area contributed by atoms with Gasteiger partial charge in [-0.2, -0.15) is 13.2 Å². The second kappa shape index (κ2) is 6.37. The van der Waals surface area contributed by atoms with E-state index in [1.54, 1.807) is 6.07 Å². The van der Waals surface area contributed by atoms with Crippen LogP contribution in [0.5, 0.6) is 0 Å². The Balaban J connectivity index is 2.85. The van der Waals surface area contributed by atoms with Crippen molar-refractivity contribution in [3.63, 3.8) is 0 Å². The van der Waals surface area contributed by atoms with Crippen molar-refractivity contribution < 1.29 is 13.2 Å². The molecule has 0 atom stereocenters. The minimum absolute atomic E-state index is 0.0173. The van der Waals surface area contributed by atoms with Gasteiger partial charge in [0.25, 0.3) is 0 Å². The Bertz CT molecular complexity index is 684. The van der Waals surface area contributed by atoms with Crippen LogP contribution in [-0.2, 0) is 11.5 Å². The van der Waals surface area contributed by atoms with Crippen LogP contribution in [0, 0.1) is 0 Å². The average molecular weight is 418 g/mol. The fourth-order valence-electron chi connectivity index (χ4n) is 2.00. The maximum atomic E-state index is 13.3. The van der Waals surface area contributed by atoms with E-state index >= 15 is 0 Å². The first kappa shape index (κ1) is 16.9. The van der Waals surface area contributed by atoms with Gasteiger partial charge in [-0.1, -0.05) is 62.9 Å². The number of rotatable bonds is 2. The third-order valence-corrected chi connectivity index (χ3v) is 4.49. The van der Waals surface area contributed by atoms with Gasteiger partial charge in [0.1, 0.15) is 0 Å². The molecule has 2 aromatic carbocycles. The topological polar surface area (TPSA) is 0 Å². The molecule has 0 aliphatic carbocycles. The van der Waals surface area contributed by atoms with Gasteiger partial charge in [-0.15, -0.1) is 0 Å². The fourth-order valence-corrected chi connectivity index (χ4v) is 3.17. The van der Waals surface area contributed by atoms with E-state index in [1.165, 1.54) is 18.2 Å². The zero-order valence-corrected chi connectivity index (χ0v) is 14.1. The Morgan fingerprint density at radius 2 is 1.71 bits per heavy atom. The molecule has 0 aliphatic heterocycles. The maximum absolute atomic E-state index is 13.3. The predicted molar refractivity (Wildman–Crippen MR) is 84.5 cm³/mol. The summed E-state index contributed by atoms with van der Waals surface area (Å²) in [6.45, 7) is 0. The highest BCUT2D eigenvalue weighted by Crippen LogP contribution is 2.44. The maximum Gasteiger partial charge on any atom is 0.417 e. The number of alkyl halides is 4. The highest BCUT2D eigenvalue weighted by atomic mass is 79.9. The van der Waals surface area contributed by atoms with Gasteiger partial charge in [-0.25, -0.2) is 0 Å². The van der Waals surface area contributed by atoms with Crippen LogP contribution >= 0.6 is 50.7 Å². The summed E-state index contributed by atoms with van der Waals surface area (Å²) >= 11 is 21.1. The average Bonchev–Trinajstić information content (AvgIpc) is 2.41. The van der Waals surface area contributed by atoms with Crippen molar-refractivity contribution in [1.82, 2.24) is 0 Å². The molecular weight excluding hydrogens is 411 g/mol. The molecule has 0 spiro atoms. The molecule has 0 nitrogen and oxygen atoms in total. The van der Waals surface area contributed by atoms with Crippen LogP contribution in [0.4, 0.5) is 13.2 Å². The Labute approximate surface area is 142 Å². The van der Waals surface area contributed by atoms with E-state index in [0.29, 0.717) is 5.56 Å². The summed E-state index contributed by atoms with van der Waals surface area (Å²) in [7, 11) is 0. The highest BCUT2D eigenvalue weighted by Gasteiger charge is 2.35. The first-order chi connectivity index (χ1) is 9.75. The van der Waals surface area contributed by atoms with Crippen LogP contribution in [0.2, 0.25) is 15.1 Å². The highest BCUT2D eigenvalue weighted by molar-refractivity contribution is 9.08. The molecule has 0 N–H and O–H groups in total. The minimum Gasteiger partial charge on any atom is -0.166 e. The third kappa shape index (κ3) is 3.50. The van der Waals surface area contributed by atoms with E-state index in [1.807, 2.05) is 0 Å². The molecule has 7 heteroatoms. The number of halogens is 7. The molecular formula is C14H7BrCl3F3. The Morgan fingerprint density at radius 1 is 1.05 bits per heavy atom. The molecule has 0 unspecified atom stereocenters. The molecule has 0 amide bonds. The Morgan fingerprint density at radius 3 is 2.29 bits per heavy atom. The second-order valence-corrected chi connectivity index (χ2v) is 6.00. The summed E-state index contributed by atoms with van der Waals surface area (Å²) in [4.78, 5) is 0. The number of benzene rings is 2. The number of hydrogen-bond acceptors (Lipinski definition) is 0. The van der Waals surface area contributed by atoms with Crippen LogP contribution < -0.4 is 0 Å². The van der Waals surface area contributed by atoms with Crippen LogP contribution in [0.1, 0.15) is 11.1 Å². The van der Waals surface area contributed by atoms with E-state index in [4.69, 9.17) is 34.8 Å². The molecule has 2 rings (SSSR count). The zero-order chi connectivity index (χ0) is 15.8. The van der Waals surface area contributed by atoms with Gasteiger partial charge in [0.15, 0.2) is 0 Å². The quantitative estimate of drug-likeness (QED) is 0.357. The Hall–Kier alpha value is -0.420. The molecule has 0 heterocycles. The Kier molecular flexibility index (Phi) is 5.14. The summed E-state index contributed by atoms with van der Waals surface area (Å²) in [6, 6.07) is 6.71. The van der Waals surface area contributed by atoms with Crippen molar-refractivity contribution in [2.45, 2.75) is 11.5 Å². The van der Waals surface area contributed by atoms with Gasteiger partial charge >= 0.3 is 6.18 Å². The molecule has 0 radical (unpaired) electrons. The van der Waals surface area contributed by atoms with Gasteiger partial charge < -0.3 is 0 Å². The van der Waals surface area contributed by atoms with Crippen molar-refractivity contribution in [1.29, 1.82) is 0 Å². The van der Waals surface area contributed by atoms with Crippen molar-refractivity contribution in [3.05, 3.63) is 56.5 Å². The molecule has 21 heavy (non-hydrogen) atoms. The van der Waals surface area contributed by atoms with E-state index in [-0.39, 0.29) is 31.5 Å². The van der Waals surface area contributed by atoms with Crippen LogP contribution in [0.3, 0.4) is 0 Å². The van der Waals surface area contributed by atoms with Gasteiger partial charge in [0, 0.05) is 15.9 Å². The minimum atomic E-state index is -4.51. The van der Waals surface area contributed by atoms with Crippen molar-refractivity contribution >= 4 is 50.7 Å². The smallest absolute Gasteiger partial charge is 0.166 e. The normalized spacial score (nSPS) is 11.8. The van der Waals surface area contributed by atoms with Gasteiger partial charge in [-0.3, -0.25) is 0 Å². The summed E-state index contributed by atoms with van der Waals surface area (Å²) in [6.07, 6.45) is -4.51. The first-order valence-corrected chi connectivity index (χ1v) is 7.91. The molecule has 0 fully saturated rings. The molecule has 112 valence electrons. The molecule has 0 bridgehead atoms. The van der Waals surface area contributed by atoms with Crippen molar-refractivity contribution in [2.24, 2.45) is 0 Å². The van der Waals surface area contributed by atoms with E-state index in [2.05, 4.69) is 15.9 Å². The molecule has 2 aromatic rings. The standard InChI is InChI=1S/C14H7BrCl3F3/c15-6-7-2-1-3-10(14(19,20)21)12(7)9-4-8(16)5-11(17)13(9)18/h1-5H,6H2. The van der Waals surface area contributed by atoms with Crippen LogP contribution in [-0.4, -0.2) is 0 Å².